The minimum Gasteiger partial charge on any atom is -0.383 e. The van der Waals surface area contributed by atoms with E-state index >= 15 is 0 Å². The molecule has 1 unspecified atom stereocenters. The van der Waals surface area contributed by atoms with Gasteiger partial charge in [-0.25, -0.2) is 4.68 Å². The molecule has 6 heteroatoms. The molecule has 106 valence electrons. The lowest BCUT2D eigenvalue weighted by atomic mass is 10.1. The standard InChI is InChI=1S/C13H22N4OS/c1-6-16-12-11(9(4)15-16)14-13(19)17(12)10(7-18-5)8(2)3/h8,10H,6-7H2,1-5H3,(H,14,19). The predicted octanol–water partition coefficient (Wildman–Crippen LogP) is 3.07. The minimum absolute atomic E-state index is 0.215. The van der Waals surface area contributed by atoms with Gasteiger partial charge >= 0.3 is 0 Å². The van der Waals surface area contributed by atoms with E-state index in [4.69, 9.17) is 17.0 Å². The second-order valence-corrected chi connectivity index (χ2v) is 5.55. The fraction of sp³-hybridized carbons (Fsp3) is 0.692. The van der Waals surface area contributed by atoms with E-state index < -0.39 is 0 Å². The number of H-pyrrole nitrogens is 1. The van der Waals surface area contributed by atoms with E-state index in [9.17, 15) is 0 Å². The van der Waals surface area contributed by atoms with Crippen molar-refractivity contribution in [3.63, 3.8) is 0 Å². The highest BCUT2D eigenvalue weighted by molar-refractivity contribution is 7.71. The van der Waals surface area contributed by atoms with E-state index in [-0.39, 0.29) is 6.04 Å². The molecule has 0 saturated carbocycles. The highest BCUT2D eigenvalue weighted by atomic mass is 32.1. The lowest BCUT2D eigenvalue weighted by Crippen LogP contribution is -2.21. The molecule has 0 spiro atoms. The highest BCUT2D eigenvalue weighted by Crippen LogP contribution is 2.26. The van der Waals surface area contributed by atoms with Crippen LogP contribution in [0.4, 0.5) is 0 Å². The van der Waals surface area contributed by atoms with Gasteiger partial charge in [0.05, 0.1) is 18.3 Å². The highest BCUT2D eigenvalue weighted by Gasteiger charge is 2.22. The summed E-state index contributed by atoms with van der Waals surface area (Å²) in [6.07, 6.45) is 0. The molecular formula is C13H22N4OS. The van der Waals surface area contributed by atoms with Crippen LogP contribution in [0.15, 0.2) is 0 Å². The van der Waals surface area contributed by atoms with Crippen LogP contribution in [0, 0.1) is 17.6 Å². The van der Waals surface area contributed by atoms with Crippen LogP contribution in [0.2, 0.25) is 0 Å². The molecule has 0 amide bonds. The zero-order valence-corrected chi connectivity index (χ0v) is 13.0. The Morgan fingerprint density at radius 2 is 2.11 bits per heavy atom. The van der Waals surface area contributed by atoms with E-state index in [0.717, 1.165) is 28.2 Å². The Labute approximate surface area is 118 Å². The van der Waals surface area contributed by atoms with Gasteiger partial charge in [-0.15, -0.1) is 0 Å². The summed E-state index contributed by atoms with van der Waals surface area (Å²) in [5, 5.41) is 4.55. The van der Waals surface area contributed by atoms with Crippen molar-refractivity contribution in [2.75, 3.05) is 13.7 Å². The first-order chi connectivity index (χ1) is 9.01. The summed E-state index contributed by atoms with van der Waals surface area (Å²) < 4.78 is 10.3. The average Bonchev–Trinajstić information content (AvgIpc) is 2.84. The topological polar surface area (TPSA) is 47.8 Å². The lowest BCUT2D eigenvalue weighted by Gasteiger charge is -2.22. The quantitative estimate of drug-likeness (QED) is 0.857. The number of hydrogen-bond donors (Lipinski definition) is 1. The third-order valence-electron chi connectivity index (χ3n) is 3.52. The monoisotopic (exact) mass is 282 g/mol. The number of fused-ring (bicyclic) bond motifs is 1. The second kappa shape index (κ2) is 5.46. The molecule has 0 radical (unpaired) electrons. The van der Waals surface area contributed by atoms with E-state index in [1.807, 2.05) is 11.6 Å². The first kappa shape index (κ1) is 14.3. The van der Waals surface area contributed by atoms with Crippen LogP contribution in [-0.4, -0.2) is 33.0 Å². The fourth-order valence-electron chi connectivity index (χ4n) is 2.49. The molecule has 19 heavy (non-hydrogen) atoms. The average molecular weight is 282 g/mol. The molecular weight excluding hydrogens is 260 g/mol. The molecule has 0 aliphatic carbocycles. The number of rotatable bonds is 5. The molecule has 0 aliphatic rings. The van der Waals surface area contributed by atoms with Gasteiger partial charge in [0.25, 0.3) is 0 Å². The van der Waals surface area contributed by atoms with Gasteiger partial charge in [-0.1, -0.05) is 13.8 Å². The zero-order chi connectivity index (χ0) is 14.2. The van der Waals surface area contributed by atoms with Crippen LogP contribution >= 0.6 is 12.2 Å². The summed E-state index contributed by atoms with van der Waals surface area (Å²) in [5.74, 6) is 0.436. The summed E-state index contributed by atoms with van der Waals surface area (Å²) >= 11 is 5.49. The maximum absolute atomic E-state index is 5.49. The summed E-state index contributed by atoms with van der Waals surface area (Å²) in [7, 11) is 1.73. The normalized spacial score (nSPS) is 13.6. The number of aromatic amines is 1. The third kappa shape index (κ3) is 2.34. The number of nitrogens with one attached hydrogen (secondary N) is 1. The maximum Gasteiger partial charge on any atom is 0.179 e. The second-order valence-electron chi connectivity index (χ2n) is 5.17. The first-order valence-corrected chi connectivity index (χ1v) is 7.08. The number of nitrogens with zero attached hydrogens (tertiary/aromatic N) is 3. The van der Waals surface area contributed by atoms with Crippen LogP contribution < -0.4 is 0 Å². The Hall–Kier alpha value is -1.14. The van der Waals surface area contributed by atoms with Crippen LogP contribution in [-0.2, 0) is 11.3 Å². The fourth-order valence-corrected chi connectivity index (χ4v) is 2.81. The molecule has 0 bridgehead atoms. The Bertz CT molecular complexity index is 622. The molecule has 1 atom stereocenters. The van der Waals surface area contributed by atoms with Crippen molar-refractivity contribution < 1.29 is 4.74 Å². The van der Waals surface area contributed by atoms with Gasteiger partial charge < -0.3 is 9.72 Å². The Morgan fingerprint density at radius 1 is 1.42 bits per heavy atom. The van der Waals surface area contributed by atoms with Crippen molar-refractivity contribution in [3.8, 4) is 0 Å². The summed E-state index contributed by atoms with van der Waals surface area (Å²) in [6.45, 7) is 9.94. The van der Waals surface area contributed by atoms with E-state index in [0.29, 0.717) is 12.5 Å². The van der Waals surface area contributed by atoms with Gasteiger partial charge in [0.1, 0.15) is 5.52 Å². The minimum atomic E-state index is 0.215. The molecule has 2 heterocycles. The molecule has 0 aliphatic heterocycles. The number of aryl methyl sites for hydroxylation is 2. The maximum atomic E-state index is 5.49. The Morgan fingerprint density at radius 3 is 2.63 bits per heavy atom. The largest absolute Gasteiger partial charge is 0.383 e. The number of hydrogen-bond acceptors (Lipinski definition) is 3. The van der Waals surface area contributed by atoms with Crippen LogP contribution in [0.25, 0.3) is 11.2 Å². The van der Waals surface area contributed by atoms with Gasteiger partial charge in [0, 0.05) is 13.7 Å². The van der Waals surface area contributed by atoms with Crippen molar-refractivity contribution in [2.45, 2.75) is 40.3 Å². The Balaban J connectivity index is 2.70. The molecule has 0 fully saturated rings. The van der Waals surface area contributed by atoms with E-state index in [2.05, 4.69) is 35.4 Å². The molecule has 0 aromatic carbocycles. The van der Waals surface area contributed by atoms with E-state index in [1.54, 1.807) is 7.11 Å². The van der Waals surface area contributed by atoms with Crippen LogP contribution in [0.3, 0.4) is 0 Å². The van der Waals surface area contributed by atoms with Crippen LogP contribution in [0.5, 0.6) is 0 Å². The van der Waals surface area contributed by atoms with Crippen molar-refractivity contribution in [3.05, 3.63) is 10.5 Å². The predicted molar refractivity (Wildman–Crippen MR) is 79.1 cm³/mol. The van der Waals surface area contributed by atoms with Gasteiger partial charge in [0.15, 0.2) is 10.4 Å². The SMILES string of the molecule is CCn1nc(C)c2[nH]c(=S)n(C(COC)C(C)C)c21. The van der Waals surface area contributed by atoms with Crippen molar-refractivity contribution in [1.82, 2.24) is 19.3 Å². The van der Waals surface area contributed by atoms with E-state index in [1.165, 1.54) is 0 Å². The number of imidazole rings is 1. The molecule has 2 aromatic heterocycles. The molecule has 1 N–H and O–H groups in total. The number of aromatic nitrogens is 4. The molecule has 2 aromatic rings. The smallest absolute Gasteiger partial charge is 0.179 e. The molecule has 0 saturated heterocycles. The molecule has 5 nitrogen and oxygen atoms in total. The summed E-state index contributed by atoms with van der Waals surface area (Å²) in [5.41, 5.74) is 3.09. The van der Waals surface area contributed by atoms with Crippen LogP contribution in [0.1, 0.15) is 32.5 Å². The zero-order valence-electron chi connectivity index (χ0n) is 12.2. The van der Waals surface area contributed by atoms with Crippen molar-refractivity contribution >= 4 is 23.4 Å². The molecule has 2 rings (SSSR count). The number of ether oxygens (including phenoxy) is 1. The van der Waals surface area contributed by atoms with Crippen molar-refractivity contribution in [2.24, 2.45) is 5.92 Å². The van der Waals surface area contributed by atoms with Gasteiger partial charge in [-0.05, 0) is 32.0 Å². The van der Waals surface area contributed by atoms with Gasteiger partial charge in [0.2, 0.25) is 0 Å². The third-order valence-corrected chi connectivity index (χ3v) is 3.82. The Kier molecular flexibility index (Phi) is 4.10. The van der Waals surface area contributed by atoms with Gasteiger partial charge in [-0.2, -0.15) is 5.10 Å². The number of methoxy groups -OCH3 is 1. The van der Waals surface area contributed by atoms with Gasteiger partial charge in [-0.3, -0.25) is 4.57 Å². The summed E-state index contributed by atoms with van der Waals surface area (Å²) in [4.78, 5) is 3.28. The van der Waals surface area contributed by atoms with Crippen molar-refractivity contribution in [1.29, 1.82) is 0 Å². The summed E-state index contributed by atoms with van der Waals surface area (Å²) in [6, 6.07) is 0.215. The lowest BCUT2D eigenvalue weighted by molar-refractivity contribution is 0.134. The first-order valence-electron chi connectivity index (χ1n) is 6.67.